The maximum absolute atomic E-state index is 14.0. The molecule has 2 fully saturated rings. The van der Waals surface area contributed by atoms with Gasteiger partial charge in [0.25, 0.3) is 0 Å². The summed E-state index contributed by atoms with van der Waals surface area (Å²) in [6.07, 6.45) is 10.5. The number of hydrogen-bond acceptors (Lipinski definition) is 5. The highest BCUT2D eigenvalue weighted by Gasteiger charge is 2.42. The molecular formula is C31H40N4O5. The Morgan fingerprint density at radius 1 is 0.800 bits per heavy atom. The van der Waals surface area contributed by atoms with E-state index in [0.29, 0.717) is 23.2 Å². The number of nitrogens with zero attached hydrogens (tertiary/aromatic N) is 4. The van der Waals surface area contributed by atoms with Crippen LogP contribution in [0.25, 0.3) is 0 Å². The summed E-state index contributed by atoms with van der Waals surface area (Å²) in [6.45, 7) is 1.28. The smallest absolute Gasteiger partial charge is 0.333 e. The molecule has 0 atom stereocenters. The van der Waals surface area contributed by atoms with Crippen LogP contribution in [0, 0.1) is 0 Å². The zero-order chi connectivity index (χ0) is 28.1. The van der Waals surface area contributed by atoms with E-state index in [4.69, 9.17) is 4.74 Å². The fraction of sp³-hybridized carbons (Fsp3) is 0.516. The van der Waals surface area contributed by atoms with Gasteiger partial charge in [-0.1, -0.05) is 56.4 Å². The van der Waals surface area contributed by atoms with Gasteiger partial charge >= 0.3 is 18.0 Å². The van der Waals surface area contributed by atoms with E-state index in [0.717, 1.165) is 36.4 Å². The summed E-state index contributed by atoms with van der Waals surface area (Å²) in [5, 5.41) is 9.66. The highest BCUT2D eigenvalue weighted by atomic mass is 16.5. The van der Waals surface area contributed by atoms with Crippen molar-refractivity contribution >= 4 is 29.4 Å². The number of amides is 4. The van der Waals surface area contributed by atoms with Crippen LogP contribution in [0.4, 0.5) is 21.0 Å². The third-order valence-electron chi connectivity index (χ3n) is 8.58. The third-order valence-corrected chi connectivity index (χ3v) is 8.58. The van der Waals surface area contributed by atoms with Crippen LogP contribution in [-0.4, -0.2) is 71.8 Å². The molecule has 4 amide bonds. The van der Waals surface area contributed by atoms with Crippen LogP contribution in [0.2, 0.25) is 0 Å². The molecule has 1 saturated heterocycles. The lowest BCUT2D eigenvalue weighted by molar-refractivity contribution is -0.137. The molecule has 0 bridgehead atoms. The maximum Gasteiger partial charge on any atom is 0.333 e. The summed E-state index contributed by atoms with van der Waals surface area (Å²) < 4.78 is 5.26. The molecule has 2 aromatic rings. The first-order valence-corrected chi connectivity index (χ1v) is 14.6. The van der Waals surface area contributed by atoms with Gasteiger partial charge < -0.3 is 14.7 Å². The number of carbonyl (C=O) groups is 3. The Morgan fingerprint density at radius 3 is 2.05 bits per heavy atom. The Hall–Kier alpha value is -3.59. The normalized spacial score (nSPS) is 20.1. The summed E-state index contributed by atoms with van der Waals surface area (Å²) in [5.74, 6) is -0.526. The summed E-state index contributed by atoms with van der Waals surface area (Å²) in [6, 6.07) is 14.1. The van der Waals surface area contributed by atoms with Gasteiger partial charge in [-0.05, 0) is 55.5 Å². The predicted octanol–water partition coefficient (Wildman–Crippen LogP) is 5.73. The first-order chi connectivity index (χ1) is 19.5. The average molecular weight is 549 g/mol. The molecule has 9 nitrogen and oxygen atoms in total. The first kappa shape index (κ1) is 28.0. The Bertz CT molecular complexity index is 1190. The van der Waals surface area contributed by atoms with Gasteiger partial charge in [0.15, 0.2) is 0 Å². The fourth-order valence-electron chi connectivity index (χ4n) is 6.46. The number of carboxylic acid groups (broad SMARTS) is 1. The van der Waals surface area contributed by atoms with Crippen molar-refractivity contribution in [3.05, 3.63) is 54.1 Å². The number of imide groups is 1. The highest BCUT2D eigenvalue weighted by molar-refractivity contribution is 6.14. The summed E-state index contributed by atoms with van der Waals surface area (Å²) in [7, 11) is 1.59. The topological polar surface area (TPSA) is 93.6 Å². The number of carboxylic acids is 1. The monoisotopic (exact) mass is 548 g/mol. The minimum absolute atomic E-state index is 0.122. The van der Waals surface area contributed by atoms with Gasteiger partial charge in [-0.3, -0.25) is 14.6 Å². The molecule has 214 valence electrons. The number of carbonyl (C=O) groups excluding carboxylic acids is 2. The number of likely N-dealkylation sites (tertiary alicyclic amines) is 1. The fourth-order valence-corrected chi connectivity index (χ4v) is 6.46. The van der Waals surface area contributed by atoms with Crippen LogP contribution < -0.4 is 14.5 Å². The molecule has 5 rings (SSSR count). The summed E-state index contributed by atoms with van der Waals surface area (Å²) in [4.78, 5) is 46.4. The minimum atomic E-state index is -1.23. The van der Waals surface area contributed by atoms with E-state index >= 15 is 0 Å². The van der Waals surface area contributed by atoms with Crippen LogP contribution in [0.3, 0.4) is 0 Å². The van der Waals surface area contributed by atoms with Crippen molar-refractivity contribution in [2.24, 2.45) is 0 Å². The average Bonchev–Trinajstić information content (AvgIpc) is 3.02. The number of anilines is 2. The number of aliphatic carboxylic acids is 1. The second-order valence-electron chi connectivity index (χ2n) is 11.1. The molecule has 1 aliphatic carbocycles. The third kappa shape index (κ3) is 6.09. The molecule has 1 N–H and O–H groups in total. The van der Waals surface area contributed by atoms with Gasteiger partial charge in [-0.2, -0.15) is 0 Å². The van der Waals surface area contributed by atoms with Crippen molar-refractivity contribution < 1.29 is 24.2 Å². The number of piperidine rings is 1. The van der Waals surface area contributed by atoms with E-state index in [1.54, 1.807) is 12.0 Å². The van der Waals surface area contributed by atoms with E-state index in [9.17, 15) is 19.5 Å². The number of hydrogen-bond donors (Lipinski definition) is 1. The van der Waals surface area contributed by atoms with Gasteiger partial charge in [0.1, 0.15) is 12.3 Å². The van der Waals surface area contributed by atoms with Gasteiger partial charge in [-0.25, -0.2) is 14.5 Å². The number of fused-ring (bicyclic) bond motifs is 1. The first-order valence-electron chi connectivity index (χ1n) is 14.6. The lowest BCUT2D eigenvalue weighted by atomic mass is 9.93. The van der Waals surface area contributed by atoms with Gasteiger partial charge in [0.2, 0.25) is 0 Å². The summed E-state index contributed by atoms with van der Waals surface area (Å²) >= 11 is 0. The number of urea groups is 2. The largest absolute Gasteiger partial charge is 0.497 e. The van der Waals surface area contributed by atoms with Gasteiger partial charge in [0.05, 0.1) is 25.0 Å². The van der Waals surface area contributed by atoms with Crippen molar-refractivity contribution in [1.82, 2.24) is 9.80 Å². The van der Waals surface area contributed by atoms with Crippen molar-refractivity contribution in [1.29, 1.82) is 0 Å². The highest BCUT2D eigenvalue weighted by Crippen LogP contribution is 2.38. The Labute approximate surface area is 236 Å². The van der Waals surface area contributed by atoms with Crippen LogP contribution in [0.5, 0.6) is 5.75 Å². The Balaban J connectivity index is 1.43. The molecule has 0 radical (unpaired) electrons. The number of benzene rings is 2. The number of ether oxygens (including phenoxy) is 1. The molecule has 0 aromatic heterocycles. The molecule has 2 aromatic carbocycles. The zero-order valence-corrected chi connectivity index (χ0v) is 23.3. The summed E-state index contributed by atoms with van der Waals surface area (Å²) in [5.41, 5.74) is 2.09. The van der Waals surface area contributed by atoms with E-state index in [1.165, 1.54) is 49.8 Å². The van der Waals surface area contributed by atoms with Gasteiger partial charge in [-0.15, -0.1) is 0 Å². The molecule has 2 heterocycles. The van der Waals surface area contributed by atoms with E-state index < -0.39 is 24.6 Å². The molecule has 9 heteroatoms. The molecule has 2 aliphatic heterocycles. The van der Waals surface area contributed by atoms with Crippen molar-refractivity contribution in [2.75, 3.05) is 36.5 Å². The standard InChI is InChI=1S/C31H40N4O5/c1-40-26-15-13-23(14-16-26)21-33-27-11-7-8-12-28(27)35(31(39)34(30(33)38)22-29(36)37)25-17-19-32(20-18-25)24-9-5-3-2-4-6-10-24/h7-8,11-16,24-25H,2-6,9-10,17-22H2,1H3,(H,36,37). The predicted molar refractivity (Wildman–Crippen MR) is 154 cm³/mol. The molecule has 40 heavy (non-hydrogen) atoms. The van der Waals surface area contributed by atoms with E-state index in [1.807, 2.05) is 48.5 Å². The Kier molecular flexibility index (Phi) is 8.89. The second-order valence-corrected chi connectivity index (χ2v) is 11.1. The number of rotatable bonds is 7. The van der Waals surface area contributed by atoms with Crippen molar-refractivity contribution in [3.63, 3.8) is 0 Å². The lowest BCUT2D eigenvalue weighted by Gasteiger charge is -2.42. The quantitative estimate of drug-likeness (QED) is 0.475. The van der Waals surface area contributed by atoms with Crippen LogP contribution >= 0.6 is 0 Å². The SMILES string of the molecule is COc1ccc(CN2C(=O)N(CC(=O)O)C(=O)N(C3CCN(C4CCCCCCC4)CC3)c3ccccc32)cc1. The minimum Gasteiger partial charge on any atom is -0.497 e. The van der Waals surface area contributed by atoms with Crippen LogP contribution in [0.15, 0.2) is 48.5 Å². The number of methoxy groups -OCH3 is 1. The molecule has 0 spiro atoms. The van der Waals surface area contributed by atoms with E-state index in [-0.39, 0.29) is 12.6 Å². The lowest BCUT2D eigenvalue weighted by Crippen LogP contribution is -2.55. The maximum atomic E-state index is 14.0. The molecule has 0 unspecified atom stereocenters. The van der Waals surface area contributed by atoms with Gasteiger partial charge in [0, 0.05) is 25.2 Å². The molecule has 1 saturated carbocycles. The zero-order valence-electron chi connectivity index (χ0n) is 23.3. The molecular weight excluding hydrogens is 508 g/mol. The van der Waals surface area contributed by atoms with Crippen LogP contribution in [0.1, 0.15) is 63.4 Å². The van der Waals surface area contributed by atoms with Crippen LogP contribution in [-0.2, 0) is 11.3 Å². The van der Waals surface area contributed by atoms with E-state index in [2.05, 4.69) is 4.90 Å². The second kappa shape index (κ2) is 12.7. The van der Waals surface area contributed by atoms with Crippen molar-refractivity contribution in [3.8, 4) is 5.75 Å². The Morgan fingerprint density at radius 2 is 1.43 bits per heavy atom. The number of para-hydroxylation sites is 2. The van der Waals surface area contributed by atoms with Crippen molar-refractivity contribution in [2.45, 2.75) is 76.4 Å². The molecule has 3 aliphatic rings.